The number of carbonyl (C=O) groups excluding carboxylic acids is 2. The lowest BCUT2D eigenvalue weighted by atomic mass is 10.2. The fraction of sp³-hybridized carbons (Fsp3) is 0.312. The molecular weight excluding hydrogens is 328 g/mol. The molecule has 0 spiro atoms. The maximum atomic E-state index is 11.9. The van der Waals surface area contributed by atoms with Gasteiger partial charge in [-0.2, -0.15) is 0 Å². The number of ether oxygens (including phenoxy) is 1. The van der Waals surface area contributed by atoms with Crippen molar-refractivity contribution in [1.29, 1.82) is 0 Å². The van der Waals surface area contributed by atoms with Crippen molar-refractivity contribution in [2.45, 2.75) is 12.8 Å². The molecule has 1 aromatic heterocycles. The van der Waals surface area contributed by atoms with Gasteiger partial charge in [0, 0.05) is 35.9 Å². The Labute approximate surface area is 143 Å². The minimum atomic E-state index is -0.362. The van der Waals surface area contributed by atoms with Crippen molar-refractivity contribution in [2.75, 3.05) is 29.9 Å². The lowest BCUT2D eigenvalue weighted by Gasteiger charge is -2.14. The fourth-order valence-electron chi connectivity index (χ4n) is 2.37. The van der Waals surface area contributed by atoms with Crippen molar-refractivity contribution in [3.05, 3.63) is 40.8 Å². The first-order valence-corrected chi connectivity index (χ1v) is 8.58. The van der Waals surface area contributed by atoms with E-state index in [1.807, 2.05) is 11.4 Å². The smallest absolute Gasteiger partial charge is 0.414 e. The minimum absolute atomic E-state index is 0.268. The average Bonchev–Trinajstić information content (AvgIpc) is 3.23. The van der Waals surface area contributed by atoms with Crippen molar-refractivity contribution in [2.24, 2.45) is 0 Å². The molecule has 2 heterocycles. The zero-order chi connectivity index (χ0) is 16.8. The molecule has 1 saturated heterocycles. The number of aromatic nitrogens is 1. The number of thiazole rings is 1. The van der Waals surface area contributed by atoms with Crippen LogP contribution in [0, 0.1) is 0 Å². The SMILES string of the molecule is O=C(NCCCc1nccs1)Nc1cccc(N2CCOC2=O)c1. The van der Waals surface area contributed by atoms with Crippen molar-refractivity contribution < 1.29 is 14.3 Å². The third kappa shape index (κ3) is 4.23. The highest BCUT2D eigenvalue weighted by Crippen LogP contribution is 2.22. The molecule has 7 nitrogen and oxygen atoms in total. The second kappa shape index (κ2) is 7.78. The molecule has 0 atom stereocenters. The highest BCUT2D eigenvalue weighted by Gasteiger charge is 2.23. The van der Waals surface area contributed by atoms with Crippen molar-refractivity contribution in [1.82, 2.24) is 10.3 Å². The van der Waals surface area contributed by atoms with Gasteiger partial charge in [0.25, 0.3) is 0 Å². The summed E-state index contributed by atoms with van der Waals surface area (Å²) < 4.78 is 4.92. The molecule has 0 bridgehead atoms. The molecule has 1 aliphatic heterocycles. The summed E-state index contributed by atoms with van der Waals surface area (Å²) in [4.78, 5) is 29.3. The third-order valence-electron chi connectivity index (χ3n) is 3.51. The molecule has 3 rings (SSSR count). The molecule has 0 unspecified atom stereocenters. The van der Waals surface area contributed by atoms with E-state index in [1.165, 1.54) is 4.90 Å². The molecule has 24 heavy (non-hydrogen) atoms. The van der Waals surface area contributed by atoms with Crippen molar-refractivity contribution >= 4 is 34.8 Å². The van der Waals surface area contributed by atoms with Crippen LogP contribution < -0.4 is 15.5 Å². The zero-order valence-electron chi connectivity index (χ0n) is 13.0. The highest BCUT2D eigenvalue weighted by atomic mass is 32.1. The molecule has 3 amide bonds. The summed E-state index contributed by atoms with van der Waals surface area (Å²) in [6.07, 6.45) is 3.10. The molecule has 126 valence electrons. The Kier molecular flexibility index (Phi) is 5.27. The number of carbonyl (C=O) groups is 2. The molecule has 8 heteroatoms. The van der Waals surface area contributed by atoms with Gasteiger partial charge >= 0.3 is 12.1 Å². The van der Waals surface area contributed by atoms with Crippen LogP contribution in [-0.4, -0.2) is 36.8 Å². The lowest BCUT2D eigenvalue weighted by Crippen LogP contribution is -2.30. The van der Waals surface area contributed by atoms with E-state index in [0.29, 0.717) is 31.1 Å². The lowest BCUT2D eigenvalue weighted by molar-refractivity contribution is 0.181. The molecular formula is C16H18N4O3S. The van der Waals surface area contributed by atoms with E-state index in [0.717, 1.165) is 17.8 Å². The monoisotopic (exact) mass is 346 g/mol. The largest absolute Gasteiger partial charge is 0.447 e. The predicted molar refractivity (Wildman–Crippen MR) is 92.6 cm³/mol. The number of nitrogens with zero attached hydrogens (tertiary/aromatic N) is 2. The number of aryl methyl sites for hydroxylation is 1. The molecule has 2 aromatic rings. The normalized spacial score (nSPS) is 13.7. The van der Waals surface area contributed by atoms with Gasteiger partial charge < -0.3 is 15.4 Å². The first kappa shape index (κ1) is 16.3. The highest BCUT2D eigenvalue weighted by molar-refractivity contribution is 7.09. The Balaban J connectivity index is 1.46. The zero-order valence-corrected chi connectivity index (χ0v) is 13.8. The predicted octanol–water partition coefficient (Wildman–Crippen LogP) is 2.85. The van der Waals surface area contributed by atoms with Gasteiger partial charge in [-0.3, -0.25) is 4.90 Å². The Bertz CT molecular complexity index is 705. The second-order valence-electron chi connectivity index (χ2n) is 5.23. The molecule has 0 saturated carbocycles. The van der Waals surface area contributed by atoms with Crippen LogP contribution in [0.15, 0.2) is 35.8 Å². The first-order chi connectivity index (χ1) is 11.7. The number of amides is 3. The molecule has 1 fully saturated rings. The number of benzene rings is 1. The third-order valence-corrected chi connectivity index (χ3v) is 4.35. The van der Waals surface area contributed by atoms with Crippen LogP contribution in [0.3, 0.4) is 0 Å². The van der Waals surface area contributed by atoms with E-state index in [-0.39, 0.29) is 12.1 Å². The van der Waals surface area contributed by atoms with Gasteiger partial charge in [0.1, 0.15) is 6.61 Å². The maximum Gasteiger partial charge on any atom is 0.414 e. The number of hydrogen-bond acceptors (Lipinski definition) is 5. The number of cyclic esters (lactones) is 1. The summed E-state index contributed by atoms with van der Waals surface area (Å²) in [6.45, 7) is 1.48. The number of anilines is 2. The molecule has 1 aromatic carbocycles. The van der Waals surface area contributed by atoms with E-state index >= 15 is 0 Å². The number of hydrogen-bond donors (Lipinski definition) is 2. The summed E-state index contributed by atoms with van der Waals surface area (Å²) in [7, 11) is 0. The standard InChI is InChI=1S/C16H18N4O3S/c21-15(18-6-2-5-14-17-7-10-24-14)19-12-3-1-4-13(11-12)20-8-9-23-16(20)22/h1,3-4,7,10-11H,2,5-6,8-9H2,(H2,18,19,21). The Hall–Kier alpha value is -2.61. The molecule has 0 radical (unpaired) electrons. The van der Waals surface area contributed by atoms with Crippen molar-refractivity contribution in [3.8, 4) is 0 Å². The van der Waals surface area contributed by atoms with Gasteiger partial charge in [0.05, 0.1) is 11.6 Å². The number of nitrogens with one attached hydrogen (secondary N) is 2. The summed E-state index contributed by atoms with van der Waals surface area (Å²) in [5.74, 6) is 0. The summed E-state index contributed by atoms with van der Waals surface area (Å²) in [5.41, 5.74) is 1.34. The van der Waals surface area contributed by atoms with E-state index < -0.39 is 0 Å². The van der Waals surface area contributed by atoms with Crippen LogP contribution in [-0.2, 0) is 11.2 Å². The van der Waals surface area contributed by atoms with Gasteiger partial charge in [-0.1, -0.05) is 6.07 Å². The summed E-state index contributed by atoms with van der Waals surface area (Å²) in [6, 6.07) is 6.86. The molecule has 1 aliphatic rings. The van der Waals surface area contributed by atoms with Gasteiger partial charge in [-0.25, -0.2) is 14.6 Å². The topological polar surface area (TPSA) is 83.6 Å². The summed E-state index contributed by atoms with van der Waals surface area (Å²) in [5, 5.41) is 8.60. The van der Waals surface area contributed by atoms with E-state index in [1.54, 1.807) is 35.7 Å². The quantitative estimate of drug-likeness (QED) is 0.788. The second-order valence-corrected chi connectivity index (χ2v) is 6.21. The summed E-state index contributed by atoms with van der Waals surface area (Å²) >= 11 is 1.62. The van der Waals surface area contributed by atoms with Crippen LogP contribution in [0.5, 0.6) is 0 Å². The fourth-order valence-corrected chi connectivity index (χ4v) is 3.04. The molecule has 0 aliphatic carbocycles. The average molecular weight is 346 g/mol. The van der Waals surface area contributed by atoms with Crippen LogP contribution >= 0.6 is 11.3 Å². The van der Waals surface area contributed by atoms with Gasteiger partial charge in [0.15, 0.2) is 0 Å². The van der Waals surface area contributed by atoms with E-state index in [9.17, 15) is 9.59 Å². The van der Waals surface area contributed by atoms with Crippen LogP contribution in [0.25, 0.3) is 0 Å². The van der Waals surface area contributed by atoms with Crippen molar-refractivity contribution in [3.63, 3.8) is 0 Å². The van der Waals surface area contributed by atoms with Gasteiger partial charge in [0.2, 0.25) is 0 Å². The number of urea groups is 1. The Morgan fingerprint density at radius 3 is 3.08 bits per heavy atom. The van der Waals surface area contributed by atoms with E-state index in [4.69, 9.17) is 4.74 Å². The number of rotatable bonds is 6. The minimum Gasteiger partial charge on any atom is -0.447 e. The maximum absolute atomic E-state index is 11.9. The van der Waals surface area contributed by atoms with Crippen LogP contribution in [0.4, 0.5) is 21.0 Å². The Morgan fingerprint density at radius 2 is 2.33 bits per heavy atom. The van der Waals surface area contributed by atoms with E-state index in [2.05, 4.69) is 15.6 Å². The van der Waals surface area contributed by atoms with Crippen LogP contribution in [0.1, 0.15) is 11.4 Å². The van der Waals surface area contributed by atoms with Crippen LogP contribution in [0.2, 0.25) is 0 Å². The first-order valence-electron chi connectivity index (χ1n) is 7.70. The Morgan fingerprint density at radius 1 is 1.42 bits per heavy atom. The van der Waals surface area contributed by atoms with Gasteiger partial charge in [-0.05, 0) is 24.6 Å². The van der Waals surface area contributed by atoms with Gasteiger partial charge in [-0.15, -0.1) is 11.3 Å². The molecule has 2 N–H and O–H groups in total.